The number of benzene rings is 2. The van der Waals surface area contributed by atoms with Gasteiger partial charge >= 0.3 is 0 Å². The lowest BCUT2D eigenvalue weighted by Crippen LogP contribution is -2.27. The van der Waals surface area contributed by atoms with Crippen molar-refractivity contribution in [3.05, 3.63) is 65.7 Å². The van der Waals surface area contributed by atoms with E-state index in [1.807, 2.05) is 30.3 Å². The number of hydrogen-bond acceptors (Lipinski definition) is 6. The highest BCUT2D eigenvalue weighted by molar-refractivity contribution is 8.01. The van der Waals surface area contributed by atoms with Gasteiger partial charge in [-0.1, -0.05) is 79.4 Å². The maximum Gasteiger partial charge on any atom is 0.230 e. The predicted octanol–water partition coefficient (Wildman–Crippen LogP) is 4.86. The lowest BCUT2D eigenvalue weighted by atomic mass is 10.0. The van der Waals surface area contributed by atoms with E-state index in [9.17, 15) is 4.79 Å². The quantitative estimate of drug-likeness (QED) is 0.492. The van der Waals surface area contributed by atoms with Crippen LogP contribution in [0, 0.1) is 0 Å². The molecule has 1 amide bonds. The van der Waals surface area contributed by atoms with Gasteiger partial charge < -0.3 is 10.6 Å². The van der Waals surface area contributed by atoms with E-state index in [2.05, 4.69) is 58.9 Å². The number of aromatic nitrogens is 2. The molecule has 7 heteroatoms. The standard InChI is InChI=1S/C21H24N4OS2/c1-15(2)17-8-10-18(11-9-17)23-20-24-25-21(28-20)27-14-19(26)22-13-12-16-6-4-3-5-7-16/h3-11,15H,12-14H2,1-2H3,(H,22,26)(H,23,24). The van der Waals surface area contributed by atoms with Gasteiger partial charge in [0.2, 0.25) is 11.0 Å². The second-order valence-corrected chi connectivity index (χ2v) is 8.85. The van der Waals surface area contributed by atoms with Crippen molar-refractivity contribution < 1.29 is 4.79 Å². The summed E-state index contributed by atoms with van der Waals surface area (Å²) in [6.07, 6.45) is 0.833. The summed E-state index contributed by atoms with van der Waals surface area (Å²) in [6.45, 7) is 4.99. The van der Waals surface area contributed by atoms with Crippen molar-refractivity contribution in [3.8, 4) is 0 Å². The van der Waals surface area contributed by atoms with Crippen molar-refractivity contribution in [1.82, 2.24) is 15.5 Å². The number of carbonyl (C=O) groups excluding carboxylic acids is 1. The Kier molecular flexibility index (Phi) is 7.45. The first kappa shape index (κ1) is 20.4. The summed E-state index contributed by atoms with van der Waals surface area (Å²) in [5.74, 6) is 0.860. The van der Waals surface area contributed by atoms with Crippen LogP contribution in [-0.4, -0.2) is 28.4 Å². The van der Waals surface area contributed by atoms with Crippen molar-refractivity contribution in [3.63, 3.8) is 0 Å². The van der Waals surface area contributed by atoms with Crippen LogP contribution in [0.3, 0.4) is 0 Å². The van der Waals surface area contributed by atoms with Crippen LogP contribution in [0.1, 0.15) is 30.9 Å². The molecule has 0 unspecified atom stereocenters. The lowest BCUT2D eigenvalue weighted by molar-refractivity contribution is -0.118. The summed E-state index contributed by atoms with van der Waals surface area (Å²) in [5, 5.41) is 15.2. The molecule has 5 nitrogen and oxygen atoms in total. The minimum Gasteiger partial charge on any atom is -0.355 e. The number of anilines is 2. The molecule has 0 bridgehead atoms. The number of nitrogens with zero attached hydrogens (tertiary/aromatic N) is 2. The highest BCUT2D eigenvalue weighted by Crippen LogP contribution is 2.28. The number of amides is 1. The van der Waals surface area contributed by atoms with Crippen molar-refractivity contribution in [1.29, 1.82) is 0 Å². The van der Waals surface area contributed by atoms with Gasteiger partial charge in [-0.2, -0.15) is 0 Å². The molecule has 0 aliphatic carbocycles. The molecule has 1 aromatic heterocycles. The van der Waals surface area contributed by atoms with E-state index < -0.39 is 0 Å². The maximum atomic E-state index is 12.0. The zero-order valence-corrected chi connectivity index (χ0v) is 17.6. The lowest BCUT2D eigenvalue weighted by Gasteiger charge is -2.06. The fourth-order valence-electron chi connectivity index (χ4n) is 2.56. The average Bonchev–Trinajstić information content (AvgIpc) is 3.15. The van der Waals surface area contributed by atoms with Crippen LogP contribution in [0.25, 0.3) is 0 Å². The first-order valence-corrected chi connectivity index (χ1v) is 11.0. The Bertz CT molecular complexity index is 879. The monoisotopic (exact) mass is 412 g/mol. The Morgan fingerprint density at radius 1 is 1.07 bits per heavy atom. The van der Waals surface area contributed by atoms with Crippen LogP contribution in [0.4, 0.5) is 10.8 Å². The average molecular weight is 413 g/mol. The number of nitrogens with one attached hydrogen (secondary N) is 2. The smallest absolute Gasteiger partial charge is 0.230 e. The molecule has 0 spiro atoms. The van der Waals surface area contributed by atoms with E-state index >= 15 is 0 Å². The molecule has 0 radical (unpaired) electrons. The molecule has 3 aromatic rings. The Balaban J connectivity index is 1.41. The summed E-state index contributed by atoms with van der Waals surface area (Å²) < 4.78 is 0.777. The molecule has 146 valence electrons. The normalized spacial score (nSPS) is 10.8. The van der Waals surface area contributed by atoms with Crippen LogP contribution in [0.5, 0.6) is 0 Å². The Labute approximate surface area is 174 Å². The van der Waals surface area contributed by atoms with E-state index in [0.29, 0.717) is 18.2 Å². The fourth-order valence-corrected chi connectivity index (χ4v) is 4.16. The minimum atomic E-state index is 0.00918. The first-order valence-electron chi connectivity index (χ1n) is 9.24. The molecule has 0 aliphatic heterocycles. The number of hydrogen-bond donors (Lipinski definition) is 2. The van der Waals surface area contributed by atoms with Crippen LogP contribution in [0.2, 0.25) is 0 Å². The van der Waals surface area contributed by atoms with Gasteiger partial charge in [0.05, 0.1) is 5.75 Å². The number of thioether (sulfide) groups is 1. The minimum absolute atomic E-state index is 0.00918. The summed E-state index contributed by atoms with van der Waals surface area (Å²) in [4.78, 5) is 12.0. The van der Waals surface area contributed by atoms with Gasteiger partial charge in [-0.05, 0) is 35.6 Å². The third kappa shape index (κ3) is 6.35. The topological polar surface area (TPSA) is 66.9 Å². The van der Waals surface area contributed by atoms with Crippen molar-refractivity contribution >= 4 is 39.8 Å². The van der Waals surface area contributed by atoms with Gasteiger partial charge in [0.15, 0.2) is 4.34 Å². The fraction of sp³-hybridized carbons (Fsp3) is 0.286. The van der Waals surface area contributed by atoms with Gasteiger partial charge in [0.25, 0.3) is 0 Å². The molecule has 3 rings (SSSR count). The largest absolute Gasteiger partial charge is 0.355 e. The Morgan fingerprint density at radius 3 is 2.54 bits per heavy atom. The van der Waals surface area contributed by atoms with Crippen LogP contribution in [-0.2, 0) is 11.2 Å². The van der Waals surface area contributed by atoms with E-state index in [-0.39, 0.29) is 5.91 Å². The number of carbonyl (C=O) groups is 1. The van der Waals surface area contributed by atoms with Gasteiger partial charge in [-0.25, -0.2) is 0 Å². The second kappa shape index (κ2) is 10.2. The molecule has 0 fully saturated rings. The summed E-state index contributed by atoms with van der Waals surface area (Å²) in [7, 11) is 0. The van der Waals surface area contributed by atoms with Gasteiger partial charge in [0, 0.05) is 12.2 Å². The van der Waals surface area contributed by atoms with E-state index in [1.54, 1.807) is 0 Å². The van der Waals surface area contributed by atoms with Gasteiger partial charge in [0.1, 0.15) is 0 Å². The Hall–Kier alpha value is -2.38. The maximum absolute atomic E-state index is 12.0. The van der Waals surface area contributed by atoms with Crippen molar-refractivity contribution in [2.75, 3.05) is 17.6 Å². The zero-order valence-electron chi connectivity index (χ0n) is 16.0. The predicted molar refractivity (Wildman–Crippen MR) is 118 cm³/mol. The van der Waals surface area contributed by atoms with Crippen molar-refractivity contribution in [2.45, 2.75) is 30.5 Å². The van der Waals surface area contributed by atoms with Gasteiger partial charge in [-0.3, -0.25) is 4.79 Å². The number of rotatable bonds is 9. The van der Waals surface area contributed by atoms with E-state index in [0.717, 1.165) is 21.6 Å². The zero-order chi connectivity index (χ0) is 19.8. The third-order valence-electron chi connectivity index (χ3n) is 4.14. The van der Waals surface area contributed by atoms with Crippen LogP contribution < -0.4 is 10.6 Å². The van der Waals surface area contributed by atoms with Gasteiger partial charge in [-0.15, -0.1) is 10.2 Å². The SMILES string of the molecule is CC(C)c1ccc(Nc2nnc(SCC(=O)NCCc3ccccc3)s2)cc1. The molecule has 0 saturated heterocycles. The molecular weight excluding hydrogens is 388 g/mol. The third-order valence-corrected chi connectivity index (χ3v) is 6.11. The molecular formula is C21H24N4OS2. The van der Waals surface area contributed by atoms with E-state index in [4.69, 9.17) is 0 Å². The molecule has 0 atom stereocenters. The first-order chi connectivity index (χ1) is 13.6. The highest BCUT2D eigenvalue weighted by Gasteiger charge is 2.09. The molecule has 0 saturated carbocycles. The molecule has 2 aromatic carbocycles. The molecule has 28 heavy (non-hydrogen) atoms. The van der Waals surface area contributed by atoms with Crippen molar-refractivity contribution in [2.24, 2.45) is 0 Å². The summed E-state index contributed by atoms with van der Waals surface area (Å²) in [6, 6.07) is 18.4. The highest BCUT2D eigenvalue weighted by atomic mass is 32.2. The summed E-state index contributed by atoms with van der Waals surface area (Å²) >= 11 is 2.86. The molecule has 1 heterocycles. The Morgan fingerprint density at radius 2 is 1.82 bits per heavy atom. The summed E-state index contributed by atoms with van der Waals surface area (Å²) in [5.41, 5.74) is 3.50. The van der Waals surface area contributed by atoms with E-state index in [1.165, 1.54) is 34.2 Å². The van der Waals surface area contributed by atoms with Crippen LogP contribution >= 0.6 is 23.1 Å². The van der Waals surface area contributed by atoms with Crippen LogP contribution in [0.15, 0.2) is 58.9 Å². The molecule has 0 aliphatic rings. The second-order valence-electron chi connectivity index (χ2n) is 6.65. The molecule has 2 N–H and O–H groups in total.